The molecule has 1 unspecified atom stereocenters. The van der Waals surface area contributed by atoms with Gasteiger partial charge in [0.05, 0.1) is 19.8 Å². The first kappa shape index (κ1) is 12.3. The molecule has 0 spiro atoms. The summed E-state index contributed by atoms with van der Waals surface area (Å²) in [6, 6.07) is 0.359. The van der Waals surface area contributed by atoms with Gasteiger partial charge in [0.15, 0.2) is 6.29 Å². The van der Waals surface area contributed by atoms with Crippen LogP contribution in [-0.4, -0.2) is 55.2 Å². The zero-order valence-corrected chi connectivity index (χ0v) is 9.94. The van der Waals surface area contributed by atoms with E-state index in [2.05, 4.69) is 4.90 Å². The Labute approximate surface area is 97.5 Å². The summed E-state index contributed by atoms with van der Waals surface area (Å²) in [6.07, 6.45) is 5.55. The van der Waals surface area contributed by atoms with Crippen molar-refractivity contribution < 1.29 is 14.6 Å². The predicted molar refractivity (Wildman–Crippen MR) is 61.2 cm³/mol. The van der Waals surface area contributed by atoms with Gasteiger partial charge in [-0.25, -0.2) is 0 Å². The van der Waals surface area contributed by atoms with Gasteiger partial charge in [-0.15, -0.1) is 0 Å². The smallest absolute Gasteiger partial charge is 0.158 e. The van der Waals surface area contributed by atoms with Crippen molar-refractivity contribution in [2.45, 2.75) is 44.4 Å². The molecular formula is C12H23NO3. The van der Waals surface area contributed by atoms with E-state index in [0.29, 0.717) is 6.04 Å². The predicted octanol–water partition coefficient (Wildman–Crippen LogP) is 0.986. The molecule has 1 N–H and O–H groups in total. The molecule has 2 aliphatic rings. The van der Waals surface area contributed by atoms with E-state index in [-0.39, 0.29) is 12.9 Å². The average molecular weight is 229 g/mol. The van der Waals surface area contributed by atoms with Gasteiger partial charge >= 0.3 is 0 Å². The zero-order chi connectivity index (χ0) is 11.2. The Hall–Kier alpha value is -0.160. The van der Waals surface area contributed by atoms with E-state index in [9.17, 15) is 5.11 Å². The average Bonchev–Trinajstić information content (AvgIpc) is 2.38. The molecule has 0 bridgehead atoms. The Morgan fingerprint density at radius 1 is 1.12 bits per heavy atom. The highest BCUT2D eigenvalue weighted by Gasteiger charge is 2.23. The van der Waals surface area contributed by atoms with Gasteiger partial charge in [-0.3, -0.25) is 4.90 Å². The number of ether oxygens (including phenoxy) is 2. The van der Waals surface area contributed by atoms with Gasteiger partial charge in [0.2, 0.25) is 0 Å². The van der Waals surface area contributed by atoms with Crippen molar-refractivity contribution in [2.75, 3.05) is 32.9 Å². The van der Waals surface area contributed by atoms with E-state index in [1.165, 1.54) is 12.8 Å². The molecule has 0 aromatic rings. The molecule has 16 heavy (non-hydrogen) atoms. The minimum atomic E-state index is -0.0185. The quantitative estimate of drug-likeness (QED) is 0.780. The first-order chi connectivity index (χ1) is 7.90. The first-order valence-corrected chi connectivity index (χ1v) is 6.48. The second kappa shape index (κ2) is 6.55. The molecule has 0 radical (unpaired) electrons. The van der Waals surface area contributed by atoms with E-state index in [1.807, 2.05) is 0 Å². The van der Waals surface area contributed by atoms with E-state index < -0.39 is 0 Å². The standard InChI is InChI=1S/C12H23NO3/c14-10-11-4-1-2-6-13(11)7-5-12-15-8-3-9-16-12/h11-12,14H,1-10H2. The van der Waals surface area contributed by atoms with Gasteiger partial charge in [-0.1, -0.05) is 6.42 Å². The normalized spacial score (nSPS) is 29.4. The highest BCUT2D eigenvalue weighted by Crippen LogP contribution is 2.18. The number of aliphatic hydroxyl groups is 1. The van der Waals surface area contributed by atoms with Gasteiger partial charge in [0.1, 0.15) is 0 Å². The number of rotatable bonds is 4. The minimum absolute atomic E-state index is 0.0185. The Balaban J connectivity index is 1.70. The maximum Gasteiger partial charge on any atom is 0.158 e. The highest BCUT2D eigenvalue weighted by atomic mass is 16.7. The maximum absolute atomic E-state index is 9.29. The zero-order valence-electron chi connectivity index (χ0n) is 9.94. The van der Waals surface area contributed by atoms with Crippen molar-refractivity contribution in [3.63, 3.8) is 0 Å². The molecule has 2 heterocycles. The van der Waals surface area contributed by atoms with Crippen molar-refractivity contribution >= 4 is 0 Å². The van der Waals surface area contributed by atoms with Crippen LogP contribution >= 0.6 is 0 Å². The molecule has 2 aliphatic heterocycles. The number of aliphatic hydroxyl groups excluding tert-OH is 1. The third-order valence-corrected chi connectivity index (χ3v) is 3.51. The monoisotopic (exact) mass is 229 g/mol. The molecule has 2 rings (SSSR count). The van der Waals surface area contributed by atoms with Gasteiger partial charge in [0.25, 0.3) is 0 Å². The van der Waals surface area contributed by atoms with Crippen molar-refractivity contribution in [2.24, 2.45) is 0 Å². The summed E-state index contributed by atoms with van der Waals surface area (Å²) in [6.45, 7) is 4.03. The van der Waals surface area contributed by atoms with Gasteiger partial charge in [0, 0.05) is 19.0 Å². The number of hydrogen-bond acceptors (Lipinski definition) is 4. The fraction of sp³-hybridized carbons (Fsp3) is 1.00. The maximum atomic E-state index is 9.29. The summed E-state index contributed by atoms with van der Waals surface area (Å²) in [5.41, 5.74) is 0. The van der Waals surface area contributed by atoms with E-state index in [1.54, 1.807) is 0 Å². The summed E-state index contributed by atoms with van der Waals surface area (Å²) >= 11 is 0. The molecule has 2 saturated heterocycles. The SMILES string of the molecule is OCC1CCCCN1CCC1OCCCO1. The number of hydrogen-bond donors (Lipinski definition) is 1. The number of piperidine rings is 1. The van der Waals surface area contributed by atoms with E-state index >= 15 is 0 Å². The molecular weight excluding hydrogens is 206 g/mol. The molecule has 4 heteroatoms. The largest absolute Gasteiger partial charge is 0.395 e. The molecule has 94 valence electrons. The molecule has 0 aliphatic carbocycles. The Morgan fingerprint density at radius 3 is 2.69 bits per heavy atom. The lowest BCUT2D eigenvalue weighted by molar-refractivity contribution is -0.183. The van der Waals surface area contributed by atoms with Crippen LogP contribution in [0.15, 0.2) is 0 Å². The molecule has 4 nitrogen and oxygen atoms in total. The number of likely N-dealkylation sites (tertiary alicyclic amines) is 1. The van der Waals surface area contributed by atoms with Crippen LogP contribution in [0.2, 0.25) is 0 Å². The molecule has 1 atom stereocenters. The van der Waals surface area contributed by atoms with Crippen LogP contribution in [0, 0.1) is 0 Å². The lowest BCUT2D eigenvalue weighted by Crippen LogP contribution is -2.43. The van der Waals surface area contributed by atoms with E-state index in [0.717, 1.165) is 45.6 Å². The third-order valence-electron chi connectivity index (χ3n) is 3.51. The van der Waals surface area contributed by atoms with Crippen molar-refractivity contribution in [3.8, 4) is 0 Å². The lowest BCUT2D eigenvalue weighted by Gasteiger charge is -2.35. The summed E-state index contributed by atoms with van der Waals surface area (Å²) in [5, 5.41) is 9.29. The Morgan fingerprint density at radius 2 is 1.94 bits per heavy atom. The molecule has 0 aromatic heterocycles. The van der Waals surface area contributed by atoms with Crippen molar-refractivity contribution in [1.82, 2.24) is 4.90 Å². The van der Waals surface area contributed by atoms with Crippen molar-refractivity contribution in [1.29, 1.82) is 0 Å². The summed E-state index contributed by atoms with van der Waals surface area (Å²) < 4.78 is 11.1. The fourth-order valence-corrected chi connectivity index (χ4v) is 2.54. The Kier molecular flexibility index (Phi) is 5.03. The van der Waals surface area contributed by atoms with Crippen LogP contribution in [0.5, 0.6) is 0 Å². The third kappa shape index (κ3) is 3.42. The van der Waals surface area contributed by atoms with Crippen LogP contribution in [-0.2, 0) is 9.47 Å². The minimum Gasteiger partial charge on any atom is -0.395 e. The Bertz CT molecular complexity index is 195. The second-order valence-electron chi connectivity index (χ2n) is 4.68. The second-order valence-corrected chi connectivity index (χ2v) is 4.68. The topological polar surface area (TPSA) is 41.9 Å². The summed E-state index contributed by atoms with van der Waals surface area (Å²) in [7, 11) is 0. The molecule has 0 saturated carbocycles. The van der Waals surface area contributed by atoms with E-state index in [4.69, 9.17) is 9.47 Å². The van der Waals surface area contributed by atoms with Gasteiger partial charge in [-0.05, 0) is 25.8 Å². The fourth-order valence-electron chi connectivity index (χ4n) is 2.54. The van der Waals surface area contributed by atoms with Crippen LogP contribution in [0.4, 0.5) is 0 Å². The lowest BCUT2D eigenvalue weighted by atomic mass is 10.0. The highest BCUT2D eigenvalue weighted by molar-refractivity contribution is 4.76. The first-order valence-electron chi connectivity index (χ1n) is 6.48. The summed E-state index contributed by atoms with van der Waals surface area (Å²) in [5.74, 6) is 0. The van der Waals surface area contributed by atoms with Crippen LogP contribution in [0.1, 0.15) is 32.1 Å². The van der Waals surface area contributed by atoms with Gasteiger partial charge < -0.3 is 14.6 Å². The van der Waals surface area contributed by atoms with Gasteiger partial charge in [-0.2, -0.15) is 0 Å². The molecule has 0 amide bonds. The number of nitrogens with zero attached hydrogens (tertiary/aromatic N) is 1. The molecule has 2 fully saturated rings. The molecule has 0 aromatic carbocycles. The van der Waals surface area contributed by atoms with Crippen LogP contribution in [0.25, 0.3) is 0 Å². The van der Waals surface area contributed by atoms with Crippen molar-refractivity contribution in [3.05, 3.63) is 0 Å². The summed E-state index contributed by atoms with van der Waals surface area (Å²) in [4.78, 5) is 2.38. The van der Waals surface area contributed by atoms with Crippen LogP contribution < -0.4 is 0 Å². The van der Waals surface area contributed by atoms with Crippen LogP contribution in [0.3, 0.4) is 0 Å².